The van der Waals surface area contributed by atoms with Gasteiger partial charge in [0.2, 0.25) is 0 Å². The first-order valence-corrected chi connectivity index (χ1v) is 8.28. The molecule has 2 rings (SSSR count). The molecule has 1 saturated carbocycles. The summed E-state index contributed by atoms with van der Waals surface area (Å²) in [5, 5.41) is 3.52. The standard InChI is InChI=1S/C18H28N2O2/c1-14(13-19-16-7-5-4-6-8-16)22-18(21)15-9-11-17(12-10-15)20(2)3/h9-12,14,16,19H,4-8,13H2,1-3H3/t14-/m1/s1. The van der Waals surface area contributed by atoms with E-state index in [9.17, 15) is 4.79 Å². The number of carbonyl (C=O) groups excluding carboxylic acids is 1. The van der Waals surface area contributed by atoms with Crippen LogP contribution in [0, 0.1) is 0 Å². The molecule has 0 heterocycles. The summed E-state index contributed by atoms with van der Waals surface area (Å²) in [5.41, 5.74) is 1.68. The zero-order chi connectivity index (χ0) is 15.9. The van der Waals surface area contributed by atoms with Crippen molar-refractivity contribution >= 4 is 11.7 Å². The van der Waals surface area contributed by atoms with Gasteiger partial charge in [0, 0.05) is 32.4 Å². The minimum absolute atomic E-state index is 0.108. The second-order valence-corrected chi connectivity index (χ2v) is 6.40. The van der Waals surface area contributed by atoms with Crippen LogP contribution in [0.5, 0.6) is 0 Å². The lowest BCUT2D eigenvalue weighted by Gasteiger charge is -2.24. The molecule has 1 N–H and O–H groups in total. The molecule has 1 fully saturated rings. The van der Waals surface area contributed by atoms with Crippen LogP contribution in [0.3, 0.4) is 0 Å². The second-order valence-electron chi connectivity index (χ2n) is 6.40. The van der Waals surface area contributed by atoms with Crippen LogP contribution in [-0.4, -0.2) is 38.8 Å². The topological polar surface area (TPSA) is 41.6 Å². The Hall–Kier alpha value is -1.55. The molecule has 0 aromatic heterocycles. The Morgan fingerprint density at radius 2 is 1.86 bits per heavy atom. The SMILES string of the molecule is C[C@H](CNC1CCCCC1)OC(=O)c1ccc(N(C)C)cc1. The maximum absolute atomic E-state index is 12.1. The Morgan fingerprint density at radius 1 is 1.23 bits per heavy atom. The van der Waals surface area contributed by atoms with E-state index < -0.39 is 0 Å². The molecule has 1 aromatic carbocycles. The molecule has 0 spiro atoms. The number of ether oxygens (including phenoxy) is 1. The maximum Gasteiger partial charge on any atom is 0.338 e. The van der Waals surface area contributed by atoms with Gasteiger partial charge in [-0.3, -0.25) is 0 Å². The van der Waals surface area contributed by atoms with Crippen LogP contribution in [0.1, 0.15) is 49.4 Å². The van der Waals surface area contributed by atoms with Crippen molar-refractivity contribution in [2.75, 3.05) is 25.5 Å². The number of nitrogens with one attached hydrogen (secondary N) is 1. The lowest BCUT2D eigenvalue weighted by Crippen LogP contribution is -2.37. The Kier molecular flexibility index (Phi) is 6.25. The Bertz CT molecular complexity index is 464. The van der Waals surface area contributed by atoms with Crippen LogP contribution in [-0.2, 0) is 4.74 Å². The zero-order valence-corrected chi connectivity index (χ0v) is 14.0. The molecule has 0 aliphatic heterocycles. The van der Waals surface area contributed by atoms with Gasteiger partial charge in [-0.25, -0.2) is 4.79 Å². The summed E-state index contributed by atoms with van der Waals surface area (Å²) in [6.07, 6.45) is 6.35. The fraction of sp³-hybridized carbons (Fsp3) is 0.611. The summed E-state index contributed by atoms with van der Waals surface area (Å²) >= 11 is 0. The minimum atomic E-state index is -0.247. The van der Waals surface area contributed by atoms with Crippen LogP contribution in [0.4, 0.5) is 5.69 Å². The molecule has 1 aromatic rings. The Labute approximate surface area is 133 Å². The van der Waals surface area contributed by atoms with Crippen LogP contribution >= 0.6 is 0 Å². The highest BCUT2D eigenvalue weighted by Gasteiger charge is 2.16. The van der Waals surface area contributed by atoms with Crippen LogP contribution in [0.2, 0.25) is 0 Å². The molecular formula is C18H28N2O2. The van der Waals surface area contributed by atoms with Crippen LogP contribution in [0.25, 0.3) is 0 Å². The molecule has 0 amide bonds. The normalized spacial score (nSPS) is 17.0. The van der Waals surface area contributed by atoms with Crippen molar-refractivity contribution in [1.29, 1.82) is 0 Å². The van der Waals surface area contributed by atoms with Crippen molar-refractivity contribution in [3.8, 4) is 0 Å². The first kappa shape index (κ1) is 16.8. The van der Waals surface area contributed by atoms with Crippen molar-refractivity contribution < 1.29 is 9.53 Å². The predicted molar refractivity (Wildman–Crippen MR) is 90.5 cm³/mol. The van der Waals surface area contributed by atoms with E-state index in [1.54, 1.807) is 0 Å². The number of carbonyl (C=O) groups is 1. The highest BCUT2D eigenvalue weighted by molar-refractivity contribution is 5.89. The predicted octanol–water partition coefficient (Wildman–Crippen LogP) is 3.22. The third-order valence-corrected chi connectivity index (χ3v) is 4.23. The Balaban J connectivity index is 1.77. The van der Waals surface area contributed by atoms with E-state index in [2.05, 4.69) is 5.32 Å². The first-order valence-electron chi connectivity index (χ1n) is 8.28. The minimum Gasteiger partial charge on any atom is -0.458 e. The second kappa shape index (κ2) is 8.18. The first-order chi connectivity index (χ1) is 10.6. The fourth-order valence-electron chi connectivity index (χ4n) is 2.83. The van der Waals surface area contributed by atoms with Crippen molar-refractivity contribution in [3.63, 3.8) is 0 Å². The molecule has 0 radical (unpaired) electrons. The van der Waals surface area contributed by atoms with Crippen LogP contribution in [0.15, 0.2) is 24.3 Å². The van der Waals surface area contributed by atoms with E-state index in [0.29, 0.717) is 11.6 Å². The number of hydrogen-bond donors (Lipinski definition) is 1. The highest BCUT2D eigenvalue weighted by Crippen LogP contribution is 2.17. The van der Waals surface area contributed by atoms with Crippen molar-refractivity contribution in [1.82, 2.24) is 5.32 Å². The summed E-state index contributed by atoms with van der Waals surface area (Å²) in [4.78, 5) is 14.1. The smallest absolute Gasteiger partial charge is 0.338 e. The lowest BCUT2D eigenvalue weighted by molar-refractivity contribution is 0.0334. The average molecular weight is 304 g/mol. The number of rotatable bonds is 6. The van der Waals surface area contributed by atoms with Crippen molar-refractivity contribution in [2.45, 2.75) is 51.2 Å². The summed E-state index contributed by atoms with van der Waals surface area (Å²) < 4.78 is 5.51. The van der Waals surface area contributed by atoms with Gasteiger partial charge >= 0.3 is 5.97 Å². The van der Waals surface area contributed by atoms with Gasteiger partial charge in [-0.15, -0.1) is 0 Å². The quantitative estimate of drug-likeness (QED) is 0.819. The number of benzene rings is 1. The maximum atomic E-state index is 12.1. The van der Waals surface area contributed by atoms with E-state index in [4.69, 9.17) is 4.74 Å². The number of esters is 1. The van der Waals surface area contributed by atoms with Gasteiger partial charge < -0.3 is 15.0 Å². The Morgan fingerprint density at radius 3 is 2.45 bits per heavy atom. The zero-order valence-electron chi connectivity index (χ0n) is 14.0. The molecule has 4 nitrogen and oxygen atoms in total. The third kappa shape index (κ3) is 5.02. The molecule has 0 unspecified atom stereocenters. The molecule has 0 bridgehead atoms. The third-order valence-electron chi connectivity index (χ3n) is 4.23. The number of anilines is 1. The van der Waals surface area contributed by atoms with Gasteiger partial charge in [-0.1, -0.05) is 19.3 Å². The molecule has 4 heteroatoms. The highest BCUT2D eigenvalue weighted by atomic mass is 16.5. The molecule has 22 heavy (non-hydrogen) atoms. The van der Waals surface area contributed by atoms with E-state index in [-0.39, 0.29) is 12.1 Å². The summed E-state index contributed by atoms with van der Waals surface area (Å²) in [6, 6.07) is 8.09. The summed E-state index contributed by atoms with van der Waals surface area (Å²) in [6.45, 7) is 2.67. The van der Waals surface area contributed by atoms with Gasteiger partial charge in [0.25, 0.3) is 0 Å². The molecule has 1 aliphatic carbocycles. The van der Waals surface area contributed by atoms with E-state index in [1.165, 1.54) is 32.1 Å². The van der Waals surface area contributed by atoms with Crippen molar-refractivity contribution in [3.05, 3.63) is 29.8 Å². The van der Waals surface area contributed by atoms with Gasteiger partial charge in [-0.05, 0) is 44.0 Å². The van der Waals surface area contributed by atoms with E-state index in [0.717, 1.165) is 12.2 Å². The number of hydrogen-bond acceptors (Lipinski definition) is 4. The van der Waals surface area contributed by atoms with Gasteiger partial charge in [0.05, 0.1) is 5.56 Å². The average Bonchev–Trinajstić information content (AvgIpc) is 2.54. The van der Waals surface area contributed by atoms with Gasteiger partial charge in [0.1, 0.15) is 6.10 Å². The van der Waals surface area contributed by atoms with E-state index in [1.807, 2.05) is 50.2 Å². The number of nitrogens with zero attached hydrogens (tertiary/aromatic N) is 1. The fourth-order valence-corrected chi connectivity index (χ4v) is 2.83. The molecule has 1 atom stereocenters. The van der Waals surface area contributed by atoms with E-state index >= 15 is 0 Å². The van der Waals surface area contributed by atoms with Crippen LogP contribution < -0.4 is 10.2 Å². The van der Waals surface area contributed by atoms with Gasteiger partial charge in [-0.2, -0.15) is 0 Å². The molecule has 122 valence electrons. The molecular weight excluding hydrogens is 276 g/mol. The lowest BCUT2D eigenvalue weighted by atomic mass is 9.95. The summed E-state index contributed by atoms with van der Waals surface area (Å²) in [7, 11) is 3.96. The molecule has 0 saturated heterocycles. The summed E-state index contributed by atoms with van der Waals surface area (Å²) in [5.74, 6) is -0.247. The monoisotopic (exact) mass is 304 g/mol. The largest absolute Gasteiger partial charge is 0.458 e. The van der Waals surface area contributed by atoms with Gasteiger partial charge in [0.15, 0.2) is 0 Å². The molecule has 1 aliphatic rings. The van der Waals surface area contributed by atoms with Crippen molar-refractivity contribution in [2.24, 2.45) is 0 Å².